The van der Waals surface area contributed by atoms with Gasteiger partial charge in [-0.3, -0.25) is 0 Å². The SMILES string of the molecule is CC(C(=O)O)[n+]1c(CC#N)sc2ccccc21.[I-]. The van der Waals surface area contributed by atoms with Crippen molar-refractivity contribution in [2.75, 3.05) is 0 Å². The van der Waals surface area contributed by atoms with Crippen molar-refractivity contribution in [3.63, 3.8) is 0 Å². The predicted octanol–water partition coefficient (Wildman–Crippen LogP) is -1.10. The topological polar surface area (TPSA) is 65.0 Å². The van der Waals surface area contributed by atoms with E-state index in [0.29, 0.717) is 0 Å². The maximum atomic E-state index is 11.1. The maximum Gasteiger partial charge on any atom is 0.373 e. The lowest BCUT2D eigenvalue weighted by Gasteiger charge is -2.01. The minimum Gasteiger partial charge on any atom is -1.00 e. The van der Waals surface area contributed by atoms with Crippen LogP contribution in [0, 0.1) is 11.3 Å². The number of halogens is 1. The molecule has 0 aliphatic heterocycles. The van der Waals surface area contributed by atoms with E-state index in [1.807, 2.05) is 24.3 Å². The van der Waals surface area contributed by atoms with Gasteiger partial charge in [-0.15, -0.1) is 0 Å². The molecule has 0 bridgehead atoms. The zero-order chi connectivity index (χ0) is 12.4. The third kappa shape index (κ3) is 2.62. The Hall–Kier alpha value is -1.20. The first-order chi connectivity index (χ1) is 8.15. The first kappa shape index (κ1) is 14.9. The van der Waals surface area contributed by atoms with Gasteiger partial charge in [0.2, 0.25) is 5.52 Å². The van der Waals surface area contributed by atoms with Gasteiger partial charge in [0.25, 0.3) is 11.0 Å². The van der Waals surface area contributed by atoms with Gasteiger partial charge in [-0.25, -0.2) is 4.79 Å². The molecule has 0 saturated carbocycles. The second-order valence-electron chi connectivity index (χ2n) is 3.68. The Morgan fingerprint density at radius 1 is 1.56 bits per heavy atom. The molecule has 1 aromatic carbocycles. The molecule has 0 aliphatic rings. The van der Waals surface area contributed by atoms with Crippen molar-refractivity contribution in [2.45, 2.75) is 19.4 Å². The Labute approximate surface area is 125 Å². The Balaban J connectivity index is 0.00000162. The molecule has 0 amide bonds. The van der Waals surface area contributed by atoms with Crippen LogP contribution in [0.1, 0.15) is 18.0 Å². The van der Waals surface area contributed by atoms with E-state index in [1.54, 1.807) is 11.5 Å². The molecule has 0 aliphatic carbocycles. The molecule has 6 heteroatoms. The molecular weight excluding hydrogens is 363 g/mol. The van der Waals surface area contributed by atoms with Gasteiger partial charge in [0.05, 0.1) is 6.07 Å². The summed E-state index contributed by atoms with van der Waals surface area (Å²) >= 11 is 1.47. The fourth-order valence-electron chi connectivity index (χ4n) is 1.78. The second kappa shape index (κ2) is 6.11. The number of carboxylic acid groups (broad SMARTS) is 1. The largest absolute Gasteiger partial charge is 1.00 e. The zero-order valence-corrected chi connectivity index (χ0v) is 12.6. The lowest BCUT2D eigenvalue weighted by Crippen LogP contribution is -3.00. The fourth-order valence-corrected chi connectivity index (χ4v) is 2.94. The Kier molecular flexibility index (Phi) is 5.04. The van der Waals surface area contributed by atoms with Crippen LogP contribution in [0.2, 0.25) is 0 Å². The molecule has 2 aromatic rings. The first-order valence-corrected chi connectivity index (χ1v) is 5.98. The molecule has 18 heavy (non-hydrogen) atoms. The third-order valence-electron chi connectivity index (χ3n) is 2.60. The number of nitriles is 1. The molecular formula is C12H11IN2O2S. The van der Waals surface area contributed by atoms with Gasteiger partial charge in [0.1, 0.15) is 11.1 Å². The summed E-state index contributed by atoms with van der Waals surface area (Å²) in [5.41, 5.74) is 0.873. The van der Waals surface area contributed by atoms with Gasteiger partial charge in [-0.2, -0.15) is 9.83 Å². The lowest BCUT2D eigenvalue weighted by molar-refractivity contribution is -0.684. The number of hydrogen-bond donors (Lipinski definition) is 1. The molecule has 1 heterocycles. The van der Waals surface area contributed by atoms with Crippen molar-refractivity contribution >= 4 is 27.5 Å². The summed E-state index contributed by atoms with van der Waals surface area (Å²) in [6, 6.07) is 9.01. The zero-order valence-electron chi connectivity index (χ0n) is 9.63. The highest BCUT2D eigenvalue weighted by atomic mass is 127. The minimum absolute atomic E-state index is 0. The van der Waals surface area contributed by atoms with Crippen LogP contribution in [0.15, 0.2) is 24.3 Å². The number of thiazole rings is 1. The second-order valence-corrected chi connectivity index (χ2v) is 4.80. The van der Waals surface area contributed by atoms with Crippen molar-refractivity contribution in [3.8, 4) is 6.07 Å². The van der Waals surface area contributed by atoms with Gasteiger partial charge in [-0.1, -0.05) is 23.5 Å². The van der Waals surface area contributed by atoms with Crippen LogP contribution >= 0.6 is 11.3 Å². The predicted molar refractivity (Wildman–Crippen MR) is 63.7 cm³/mol. The molecule has 94 valence electrons. The smallest absolute Gasteiger partial charge is 0.373 e. The van der Waals surface area contributed by atoms with Crippen LogP contribution in [-0.4, -0.2) is 11.1 Å². The summed E-state index contributed by atoms with van der Waals surface area (Å²) in [6.07, 6.45) is 0.233. The Morgan fingerprint density at radius 2 is 2.22 bits per heavy atom. The van der Waals surface area contributed by atoms with E-state index in [9.17, 15) is 4.79 Å². The minimum atomic E-state index is -0.891. The molecule has 0 spiro atoms. The third-order valence-corrected chi connectivity index (χ3v) is 3.74. The van der Waals surface area contributed by atoms with E-state index in [1.165, 1.54) is 11.3 Å². The van der Waals surface area contributed by atoms with Gasteiger partial charge in [-0.05, 0) is 6.07 Å². The molecule has 0 saturated heterocycles. The summed E-state index contributed by atoms with van der Waals surface area (Å²) < 4.78 is 2.73. The Morgan fingerprint density at radius 3 is 2.83 bits per heavy atom. The number of para-hydroxylation sites is 1. The molecule has 2 rings (SSSR count). The van der Waals surface area contributed by atoms with Crippen molar-refractivity contribution in [2.24, 2.45) is 0 Å². The molecule has 0 radical (unpaired) electrons. The monoisotopic (exact) mass is 374 g/mol. The summed E-state index contributed by atoms with van der Waals surface area (Å²) in [5.74, 6) is -0.891. The fraction of sp³-hybridized carbons (Fsp3) is 0.250. The van der Waals surface area contributed by atoms with E-state index in [2.05, 4.69) is 6.07 Å². The highest BCUT2D eigenvalue weighted by Gasteiger charge is 2.30. The molecule has 4 nitrogen and oxygen atoms in total. The summed E-state index contributed by atoms with van der Waals surface area (Å²) in [6.45, 7) is 1.63. The number of carbonyl (C=O) groups is 1. The van der Waals surface area contributed by atoms with Crippen molar-refractivity contribution in [3.05, 3.63) is 29.3 Å². The number of fused-ring (bicyclic) bond motifs is 1. The van der Waals surface area contributed by atoms with Gasteiger partial charge >= 0.3 is 5.97 Å². The number of aliphatic carboxylic acids is 1. The number of aromatic nitrogens is 1. The number of nitrogens with zero attached hydrogens (tertiary/aromatic N) is 2. The molecule has 1 aromatic heterocycles. The van der Waals surface area contributed by atoms with Crippen LogP contribution in [0.4, 0.5) is 0 Å². The normalized spacial score (nSPS) is 11.6. The van der Waals surface area contributed by atoms with E-state index < -0.39 is 12.0 Å². The van der Waals surface area contributed by atoms with Crippen LogP contribution in [0.3, 0.4) is 0 Å². The number of carboxylic acids is 1. The average molecular weight is 374 g/mol. The van der Waals surface area contributed by atoms with Crippen LogP contribution < -0.4 is 28.5 Å². The van der Waals surface area contributed by atoms with Gasteiger partial charge in [0.15, 0.2) is 0 Å². The van der Waals surface area contributed by atoms with Crippen molar-refractivity contribution in [1.82, 2.24) is 0 Å². The summed E-state index contributed by atoms with van der Waals surface area (Å²) in [7, 11) is 0. The molecule has 0 fully saturated rings. The van der Waals surface area contributed by atoms with E-state index in [0.717, 1.165) is 15.2 Å². The summed E-state index contributed by atoms with van der Waals surface area (Å²) in [5, 5.41) is 18.7. The van der Waals surface area contributed by atoms with Crippen LogP contribution in [0.25, 0.3) is 10.2 Å². The number of rotatable bonds is 3. The van der Waals surface area contributed by atoms with E-state index in [-0.39, 0.29) is 30.4 Å². The lowest BCUT2D eigenvalue weighted by atomic mass is 10.2. The van der Waals surface area contributed by atoms with Gasteiger partial charge in [0, 0.05) is 13.0 Å². The number of hydrogen-bond acceptors (Lipinski definition) is 3. The molecule has 1 atom stereocenters. The van der Waals surface area contributed by atoms with E-state index in [4.69, 9.17) is 10.4 Å². The van der Waals surface area contributed by atoms with Crippen molar-refractivity contribution < 1.29 is 38.4 Å². The van der Waals surface area contributed by atoms with Crippen LogP contribution in [0.5, 0.6) is 0 Å². The highest BCUT2D eigenvalue weighted by Crippen LogP contribution is 2.22. The number of benzene rings is 1. The quantitative estimate of drug-likeness (QED) is 0.548. The van der Waals surface area contributed by atoms with Gasteiger partial charge < -0.3 is 29.1 Å². The van der Waals surface area contributed by atoms with E-state index >= 15 is 0 Å². The first-order valence-electron chi connectivity index (χ1n) is 5.17. The average Bonchev–Trinajstić information content (AvgIpc) is 2.66. The maximum absolute atomic E-state index is 11.1. The molecule has 1 unspecified atom stereocenters. The highest BCUT2D eigenvalue weighted by molar-refractivity contribution is 7.18. The molecule has 1 N–H and O–H groups in total. The summed E-state index contributed by atoms with van der Waals surface area (Å²) in [4.78, 5) is 11.1. The van der Waals surface area contributed by atoms with Crippen molar-refractivity contribution in [1.29, 1.82) is 5.26 Å². The van der Waals surface area contributed by atoms with Crippen LogP contribution in [-0.2, 0) is 11.2 Å². The standard InChI is InChI=1S/C12H10N2O2S.HI/c1-8(12(15)16)14-9-4-2-3-5-10(9)17-11(14)6-7-13;/h2-5,8H,6H2,1H3;1H. The Bertz CT molecular complexity index is 618.